The summed E-state index contributed by atoms with van der Waals surface area (Å²) < 4.78 is 37.5. The number of nitrogens with zero attached hydrogens (tertiary/aromatic N) is 4. The number of halogens is 1. The van der Waals surface area contributed by atoms with E-state index in [9.17, 15) is 8.42 Å². The van der Waals surface area contributed by atoms with E-state index < -0.39 is 10.0 Å². The molecule has 2 aromatic heterocycles. The van der Waals surface area contributed by atoms with Crippen LogP contribution in [0.3, 0.4) is 0 Å². The lowest BCUT2D eigenvalue weighted by Gasteiger charge is -2.33. The number of aromatic nitrogens is 2. The normalized spacial score (nSPS) is 16.6. The SMILES string of the molecule is O=S(=O)(c1ccccc1Cl)N1CCN(Cc2nc(-c3ccco3)no2)CC1. The molecule has 142 valence electrons. The summed E-state index contributed by atoms with van der Waals surface area (Å²) in [6.07, 6.45) is 1.55. The number of piperazine rings is 1. The number of sulfonamides is 1. The van der Waals surface area contributed by atoms with Crippen LogP contribution in [0.4, 0.5) is 0 Å². The Balaban J connectivity index is 1.39. The largest absolute Gasteiger partial charge is 0.461 e. The van der Waals surface area contributed by atoms with Gasteiger partial charge in [0.2, 0.25) is 21.7 Å². The third-order valence-corrected chi connectivity index (χ3v) is 6.75. The zero-order chi connectivity index (χ0) is 18.9. The Labute approximate surface area is 161 Å². The maximum Gasteiger partial charge on any atom is 0.244 e. The van der Waals surface area contributed by atoms with Gasteiger partial charge in [-0.15, -0.1) is 0 Å². The lowest BCUT2D eigenvalue weighted by atomic mass is 10.3. The fraction of sp³-hybridized carbons (Fsp3) is 0.294. The van der Waals surface area contributed by atoms with Crippen molar-refractivity contribution in [3.05, 3.63) is 53.6 Å². The van der Waals surface area contributed by atoms with E-state index in [2.05, 4.69) is 15.0 Å². The first-order chi connectivity index (χ1) is 13.0. The zero-order valence-corrected chi connectivity index (χ0v) is 15.9. The quantitative estimate of drug-likeness (QED) is 0.640. The Morgan fingerprint density at radius 3 is 2.56 bits per heavy atom. The summed E-state index contributed by atoms with van der Waals surface area (Å²) in [5.41, 5.74) is 0. The van der Waals surface area contributed by atoms with E-state index in [4.69, 9.17) is 20.5 Å². The van der Waals surface area contributed by atoms with Crippen LogP contribution in [0.25, 0.3) is 11.6 Å². The summed E-state index contributed by atoms with van der Waals surface area (Å²) in [4.78, 5) is 6.52. The Morgan fingerprint density at radius 2 is 1.85 bits per heavy atom. The topological polar surface area (TPSA) is 92.7 Å². The fourth-order valence-corrected chi connectivity index (χ4v) is 4.85. The van der Waals surface area contributed by atoms with Crippen molar-refractivity contribution < 1.29 is 17.4 Å². The second-order valence-electron chi connectivity index (χ2n) is 6.10. The molecule has 0 N–H and O–H groups in total. The monoisotopic (exact) mass is 408 g/mol. The molecule has 0 radical (unpaired) electrons. The van der Waals surface area contributed by atoms with Gasteiger partial charge < -0.3 is 8.94 Å². The first kappa shape index (κ1) is 18.2. The molecular formula is C17H17ClN4O4S. The molecule has 1 aromatic carbocycles. The van der Waals surface area contributed by atoms with Crippen molar-refractivity contribution in [3.8, 4) is 11.6 Å². The molecule has 0 atom stereocenters. The second kappa shape index (κ2) is 7.43. The minimum absolute atomic E-state index is 0.139. The Bertz CT molecular complexity index is 1010. The van der Waals surface area contributed by atoms with Crippen LogP contribution in [-0.2, 0) is 16.6 Å². The molecule has 0 spiro atoms. The second-order valence-corrected chi connectivity index (χ2v) is 8.41. The molecule has 27 heavy (non-hydrogen) atoms. The molecule has 8 nitrogen and oxygen atoms in total. The van der Waals surface area contributed by atoms with Crippen LogP contribution in [-0.4, -0.2) is 53.9 Å². The average Bonchev–Trinajstić information content (AvgIpc) is 3.34. The zero-order valence-electron chi connectivity index (χ0n) is 14.3. The summed E-state index contributed by atoms with van der Waals surface area (Å²) in [6, 6.07) is 9.99. The third-order valence-electron chi connectivity index (χ3n) is 4.35. The van der Waals surface area contributed by atoms with Crippen molar-refractivity contribution in [2.24, 2.45) is 0 Å². The van der Waals surface area contributed by atoms with Gasteiger partial charge in [-0.25, -0.2) is 8.42 Å². The number of hydrogen-bond acceptors (Lipinski definition) is 7. The fourth-order valence-electron chi connectivity index (χ4n) is 2.94. The van der Waals surface area contributed by atoms with Gasteiger partial charge in [-0.05, 0) is 24.3 Å². The number of rotatable bonds is 5. The minimum Gasteiger partial charge on any atom is -0.461 e. The van der Waals surface area contributed by atoms with Crippen molar-refractivity contribution in [3.63, 3.8) is 0 Å². The molecule has 0 saturated carbocycles. The van der Waals surface area contributed by atoms with Gasteiger partial charge in [0, 0.05) is 26.2 Å². The Morgan fingerprint density at radius 1 is 1.07 bits per heavy atom. The van der Waals surface area contributed by atoms with Gasteiger partial charge in [0.05, 0.1) is 17.8 Å². The van der Waals surface area contributed by atoms with Crippen molar-refractivity contribution in [2.75, 3.05) is 26.2 Å². The minimum atomic E-state index is -3.60. The first-order valence-electron chi connectivity index (χ1n) is 8.37. The summed E-state index contributed by atoms with van der Waals surface area (Å²) in [5.74, 6) is 1.40. The number of hydrogen-bond donors (Lipinski definition) is 0. The molecule has 10 heteroatoms. The Hall–Kier alpha value is -2.20. The van der Waals surface area contributed by atoms with E-state index in [-0.39, 0.29) is 9.92 Å². The Kier molecular flexibility index (Phi) is 5.00. The molecule has 0 unspecified atom stereocenters. The highest BCUT2D eigenvalue weighted by Crippen LogP contribution is 2.25. The molecule has 3 aromatic rings. The third kappa shape index (κ3) is 3.77. The lowest BCUT2D eigenvalue weighted by Crippen LogP contribution is -2.48. The van der Waals surface area contributed by atoms with E-state index in [0.717, 1.165) is 0 Å². The molecule has 0 bridgehead atoms. The van der Waals surface area contributed by atoms with Gasteiger partial charge in [-0.3, -0.25) is 4.90 Å². The van der Waals surface area contributed by atoms with E-state index in [1.807, 2.05) is 0 Å². The molecule has 3 heterocycles. The summed E-state index contributed by atoms with van der Waals surface area (Å²) >= 11 is 6.06. The lowest BCUT2D eigenvalue weighted by molar-refractivity contribution is 0.163. The van der Waals surface area contributed by atoms with Crippen LogP contribution in [0.15, 0.2) is 56.5 Å². The van der Waals surface area contributed by atoms with Crippen LogP contribution in [0.2, 0.25) is 5.02 Å². The van der Waals surface area contributed by atoms with Crippen LogP contribution >= 0.6 is 11.6 Å². The average molecular weight is 409 g/mol. The number of furan rings is 1. The predicted octanol–water partition coefficient (Wildman–Crippen LogP) is 2.49. The smallest absolute Gasteiger partial charge is 0.244 e. The molecule has 4 rings (SSSR count). The highest BCUT2D eigenvalue weighted by molar-refractivity contribution is 7.89. The molecule has 1 aliphatic rings. The van der Waals surface area contributed by atoms with Gasteiger partial charge in [0.15, 0.2) is 5.76 Å². The number of benzene rings is 1. The van der Waals surface area contributed by atoms with Crippen molar-refractivity contribution >= 4 is 21.6 Å². The highest BCUT2D eigenvalue weighted by atomic mass is 35.5. The standard InChI is InChI=1S/C17H17ClN4O4S/c18-13-4-1-2-6-15(13)27(23,24)22-9-7-21(8-10-22)12-16-19-17(20-26-16)14-5-3-11-25-14/h1-6,11H,7-10,12H2. The predicted molar refractivity (Wildman–Crippen MR) is 97.5 cm³/mol. The van der Waals surface area contributed by atoms with Crippen LogP contribution in [0.5, 0.6) is 0 Å². The molecule has 0 aliphatic carbocycles. The maximum atomic E-state index is 12.8. The van der Waals surface area contributed by atoms with E-state index in [1.165, 1.54) is 10.4 Å². The summed E-state index contributed by atoms with van der Waals surface area (Å²) in [7, 11) is -3.60. The van der Waals surface area contributed by atoms with Crippen LogP contribution in [0.1, 0.15) is 5.89 Å². The van der Waals surface area contributed by atoms with Gasteiger partial charge in [-0.1, -0.05) is 28.9 Å². The molecule has 1 aliphatic heterocycles. The van der Waals surface area contributed by atoms with E-state index in [1.54, 1.807) is 36.6 Å². The summed E-state index contributed by atoms with van der Waals surface area (Å²) in [6.45, 7) is 2.30. The molecule has 1 saturated heterocycles. The van der Waals surface area contributed by atoms with Crippen molar-refractivity contribution in [2.45, 2.75) is 11.4 Å². The maximum absolute atomic E-state index is 12.8. The van der Waals surface area contributed by atoms with Gasteiger partial charge in [-0.2, -0.15) is 9.29 Å². The van der Waals surface area contributed by atoms with Crippen molar-refractivity contribution in [1.82, 2.24) is 19.3 Å². The van der Waals surface area contributed by atoms with Crippen LogP contribution < -0.4 is 0 Å². The molecule has 0 amide bonds. The van der Waals surface area contributed by atoms with E-state index in [0.29, 0.717) is 50.2 Å². The highest BCUT2D eigenvalue weighted by Gasteiger charge is 2.30. The molecular weight excluding hydrogens is 392 g/mol. The van der Waals surface area contributed by atoms with Gasteiger partial charge >= 0.3 is 0 Å². The van der Waals surface area contributed by atoms with Crippen LogP contribution in [0, 0.1) is 0 Å². The first-order valence-corrected chi connectivity index (χ1v) is 10.2. The van der Waals surface area contributed by atoms with Gasteiger partial charge in [0.1, 0.15) is 4.90 Å². The van der Waals surface area contributed by atoms with Crippen molar-refractivity contribution in [1.29, 1.82) is 0 Å². The van der Waals surface area contributed by atoms with E-state index >= 15 is 0 Å². The summed E-state index contributed by atoms with van der Waals surface area (Å²) in [5, 5.41) is 4.13. The van der Waals surface area contributed by atoms with Gasteiger partial charge in [0.25, 0.3) is 0 Å². The molecule has 1 fully saturated rings.